The number of aryl methyl sites for hydroxylation is 1. The minimum atomic E-state index is -0.627. The number of anilines is 1. The van der Waals surface area contributed by atoms with Crippen molar-refractivity contribution in [1.82, 2.24) is 9.78 Å². The summed E-state index contributed by atoms with van der Waals surface area (Å²) in [4.78, 5) is 0. The first-order valence-corrected chi connectivity index (χ1v) is 5.77. The summed E-state index contributed by atoms with van der Waals surface area (Å²) < 4.78 is 26.0. The van der Waals surface area contributed by atoms with E-state index >= 15 is 0 Å². The molecular weight excluding hydrogens is 273 g/mol. The molecule has 1 aromatic carbocycles. The molecule has 0 fully saturated rings. The highest BCUT2D eigenvalue weighted by Gasteiger charge is 2.22. The normalized spacial score (nSPS) is 10.6. The van der Waals surface area contributed by atoms with Gasteiger partial charge in [0.15, 0.2) is 17.3 Å². The van der Waals surface area contributed by atoms with E-state index in [1.165, 1.54) is 31.0 Å². The first-order valence-electron chi connectivity index (χ1n) is 5.39. The molecule has 1 heterocycles. The van der Waals surface area contributed by atoms with Crippen LogP contribution in [0.2, 0.25) is 5.02 Å². The van der Waals surface area contributed by atoms with Gasteiger partial charge in [0, 0.05) is 19.2 Å². The van der Waals surface area contributed by atoms with Crippen molar-refractivity contribution in [2.45, 2.75) is 0 Å². The zero-order valence-corrected chi connectivity index (χ0v) is 11.5. The van der Waals surface area contributed by atoms with Crippen LogP contribution in [0, 0.1) is 5.82 Å². The van der Waals surface area contributed by atoms with Gasteiger partial charge in [-0.15, -0.1) is 0 Å². The number of hydrogen-bond donors (Lipinski definition) is 1. The van der Waals surface area contributed by atoms with Crippen LogP contribution in [0.25, 0.3) is 11.3 Å². The lowest BCUT2D eigenvalue weighted by Crippen LogP contribution is -1.99. The van der Waals surface area contributed by atoms with E-state index in [-0.39, 0.29) is 16.3 Å². The largest absolute Gasteiger partial charge is 0.493 e. The lowest BCUT2D eigenvalue weighted by Gasteiger charge is -2.13. The van der Waals surface area contributed by atoms with Gasteiger partial charge in [-0.2, -0.15) is 5.10 Å². The summed E-state index contributed by atoms with van der Waals surface area (Å²) in [5.41, 5.74) is 6.15. The molecular formula is C12H13ClFN3O2. The molecule has 0 unspecified atom stereocenters. The lowest BCUT2D eigenvalue weighted by molar-refractivity contribution is 0.354. The van der Waals surface area contributed by atoms with Crippen molar-refractivity contribution in [2.24, 2.45) is 7.05 Å². The molecule has 0 aliphatic carbocycles. The van der Waals surface area contributed by atoms with E-state index in [0.29, 0.717) is 17.3 Å². The number of nitrogens with zero attached hydrogens (tertiary/aromatic N) is 2. The highest BCUT2D eigenvalue weighted by atomic mass is 35.5. The van der Waals surface area contributed by atoms with Gasteiger partial charge >= 0.3 is 0 Å². The average Bonchev–Trinajstić information content (AvgIpc) is 2.71. The van der Waals surface area contributed by atoms with E-state index in [4.69, 9.17) is 26.8 Å². The van der Waals surface area contributed by atoms with Crippen molar-refractivity contribution < 1.29 is 13.9 Å². The Kier molecular flexibility index (Phi) is 3.53. The minimum absolute atomic E-state index is 0.0723. The van der Waals surface area contributed by atoms with Crippen LogP contribution in [-0.4, -0.2) is 24.0 Å². The first-order chi connectivity index (χ1) is 8.99. The Bertz CT molecular complexity index is 608. The third-order valence-corrected chi connectivity index (χ3v) is 3.01. The van der Waals surface area contributed by atoms with Crippen molar-refractivity contribution in [3.05, 3.63) is 23.0 Å². The number of hydrogen-bond acceptors (Lipinski definition) is 4. The van der Waals surface area contributed by atoms with Gasteiger partial charge in [-0.3, -0.25) is 4.68 Å². The van der Waals surface area contributed by atoms with Crippen LogP contribution >= 0.6 is 11.6 Å². The van der Waals surface area contributed by atoms with Crippen molar-refractivity contribution >= 4 is 17.4 Å². The summed E-state index contributed by atoms with van der Waals surface area (Å²) in [5, 5.41) is 4.05. The maximum Gasteiger partial charge on any atom is 0.173 e. The Balaban J connectivity index is 2.76. The van der Waals surface area contributed by atoms with Gasteiger partial charge < -0.3 is 15.2 Å². The molecule has 0 saturated heterocycles. The fraction of sp³-hybridized carbons (Fsp3) is 0.250. The molecule has 0 aliphatic heterocycles. The molecule has 2 rings (SSSR count). The van der Waals surface area contributed by atoms with Gasteiger partial charge in [-0.1, -0.05) is 11.6 Å². The SMILES string of the molecule is COc1cc(Cl)c(F)c(-c2cc(N)n(C)n2)c1OC. The third kappa shape index (κ3) is 2.19. The molecule has 102 valence electrons. The lowest BCUT2D eigenvalue weighted by atomic mass is 10.1. The van der Waals surface area contributed by atoms with Crippen LogP contribution in [-0.2, 0) is 7.05 Å². The highest BCUT2D eigenvalue weighted by Crippen LogP contribution is 2.42. The van der Waals surface area contributed by atoms with Crippen molar-refractivity contribution in [3.63, 3.8) is 0 Å². The Morgan fingerprint density at radius 3 is 2.47 bits per heavy atom. The van der Waals surface area contributed by atoms with Crippen molar-refractivity contribution in [2.75, 3.05) is 20.0 Å². The molecule has 2 N–H and O–H groups in total. The average molecular weight is 286 g/mol. The topological polar surface area (TPSA) is 62.3 Å². The molecule has 1 aromatic heterocycles. The van der Waals surface area contributed by atoms with Gasteiger partial charge in [-0.05, 0) is 0 Å². The van der Waals surface area contributed by atoms with Gasteiger partial charge in [0.1, 0.15) is 11.5 Å². The molecule has 19 heavy (non-hydrogen) atoms. The quantitative estimate of drug-likeness (QED) is 0.941. The number of ether oxygens (including phenoxy) is 2. The van der Waals surface area contributed by atoms with E-state index in [1.54, 1.807) is 7.05 Å². The molecule has 0 bridgehead atoms. The van der Waals surface area contributed by atoms with Crippen LogP contribution in [0.3, 0.4) is 0 Å². The predicted molar refractivity (Wildman–Crippen MR) is 71.1 cm³/mol. The monoisotopic (exact) mass is 285 g/mol. The number of methoxy groups -OCH3 is 2. The fourth-order valence-electron chi connectivity index (χ4n) is 1.77. The third-order valence-electron chi connectivity index (χ3n) is 2.73. The number of aromatic nitrogens is 2. The summed E-state index contributed by atoms with van der Waals surface area (Å²) in [6.45, 7) is 0. The Morgan fingerprint density at radius 1 is 1.32 bits per heavy atom. The van der Waals surface area contributed by atoms with Crippen LogP contribution in [0.4, 0.5) is 10.2 Å². The number of halogens is 2. The smallest absolute Gasteiger partial charge is 0.173 e. The molecule has 0 atom stereocenters. The Morgan fingerprint density at radius 2 is 2.00 bits per heavy atom. The number of rotatable bonds is 3. The van der Waals surface area contributed by atoms with E-state index < -0.39 is 5.82 Å². The zero-order valence-electron chi connectivity index (χ0n) is 10.7. The number of benzene rings is 1. The standard InChI is InChI=1S/C12H13ClFN3O2/c1-17-9(15)5-7(16-17)10-11(14)6(13)4-8(18-2)12(10)19-3/h4-5H,15H2,1-3H3. The second kappa shape index (κ2) is 4.97. The molecule has 0 aliphatic rings. The number of nitrogen functional groups attached to an aromatic ring is 1. The van der Waals surface area contributed by atoms with E-state index in [2.05, 4.69) is 5.10 Å². The first kappa shape index (κ1) is 13.5. The molecule has 0 radical (unpaired) electrons. The summed E-state index contributed by atoms with van der Waals surface area (Å²) in [5.74, 6) is 0.323. The van der Waals surface area contributed by atoms with E-state index in [0.717, 1.165) is 0 Å². The molecule has 0 spiro atoms. The Hall–Kier alpha value is -1.95. The van der Waals surface area contributed by atoms with Crippen molar-refractivity contribution in [1.29, 1.82) is 0 Å². The fourth-order valence-corrected chi connectivity index (χ4v) is 1.97. The second-order valence-electron chi connectivity index (χ2n) is 3.86. The van der Waals surface area contributed by atoms with Gasteiger partial charge in [0.2, 0.25) is 0 Å². The van der Waals surface area contributed by atoms with Gasteiger partial charge in [-0.25, -0.2) is 4.39 Å². The van der Waals surface area contributed by atoms with Gasteiger partial charge in [0.05, 0.1) is 24.8 Å². The highest BCUT2D eigenvalue weighted by molar-refractivity contribution is 6.31. The minimum Gasteiger partial charge on any atom is -0.493 e. The van der Waals surface area contributed by atoms with Crippen molar-refractivity contribution in [3.8, 4) is 22.8 Å². The summed E-state index contributed by atoms with van der Waals surface area (Å²) in [6.07, 6.45) is 0. The number of nitrogens with two attached hydrogens (primary N) is 1. The summed E-state index contributed by atoms with van der Waals surface area (Å²) in [6, 6.07) is 2.89. The Labute approximate surface area is 114 Å². The van der Waals surface area contributed by atoms with E-state index in [9.17, 15) is 4.39 Å². The molecule has 0 saturated carbocycles. The maximum atomic E-state index is 14.2. The summed E-state index contributed by atoms with van der Waals surface area (Å²) in [7, 11) is 4.52. The van der Waals surface area contributed by atoms with Crippen LogP contribution in [0.15, 0.2) is 12.1 Å². The second-order valence-corrected chi connectivity index (χ2v) is 4.27. The maximum absolute atomic E-state index is 14.2. The molecule has 5 nitrogen and oxygen atoms in total. The summed E-state index contributed by atoms with van der Waals surface area (Å²) >= 11 is 5.85. The van der Waals surface area contributed by atoms with Crippen LogP contribution < -0.4 is 15.2 Å². The van der Waals surface area contributed by atoms with E-state index in [1.807, 2.05) is 0 Å². The molecule has 0 amide bonds. The van der Waals surface area contributed by atoms with Crippen LogP contribution in [0.5, 0.6) is 11.5 Å². The van der Waals surface area contributed by atoms with Gasteiger partial charge in [0.25, 0.3) is 0 Å². The van der Waals surface area contributed by atoms with Crippen LogP contribution in [0.1, 0.15) is 0 Å². The zero-order chi connectivity index (χ0) is 14.2. The molecule has 7 heteroatoms. The predicted octanol–water partition coefficient (Wildman–Crippen LogP) is 2.48. The molecule has 2 aromatic rings.